The van der Waals surface area contributed by atoms with Gasteiger partial charge in [-0.05, 0) is 31.9 Å². The van der Waals surface area contributed by atoms with Gasteiger partial charge in [-0.3, -0.25) is 10.1 Å². The largest absolute Gasteiger partial charge is 0.324 e. The van der Waals surface area contributed by atoms with Crippen LogP contribution in [-0.2, 0) is 10.0 Å². The zero-order chi connectivity index (χ0) is 14.2. The summed E-state index contributed by atoms with van der Waals surface area (Å²) in [5.41, 5.74) is -0.985. The van der Waals surface area contributed by atoms with Crippen molar-refractivity contribution in [1.29, 1.82) is 0 Å². The fourth-order valence-corrected chi connectivity index (χ4v) is 4.14. The summed E-state index contributed by atoms with van der Waals surface area (Å²) >= 11 is 0. The third-order valence-electron chi connectivity index (χ3n) is 3.21. The summed E-state index contributed by atoms with van der Waals surface area (Å²) in [7, 11) is -4.03. The van der Waals surface area contributed by atoms with Gasteiger partial charge in [0.2, 0.25) is 15.8 Å². The molecule has 0 amide bonds. The van der Waals surface area contributed by atoms with Gasteiger partial charge >= 0.3 is 5.69 Å². The molecular formula is C11H13FN2O4S. The third kappa shape index (κ3) is 2.33. The maximum Gasteiger partial charge on any atom is 0.324 e. The monoisotopic (exact) mass is 288 g/mol. The second-order valence-electron chi connectivity index (χ2n) is 4.45. The van der Waals surface area contributed by atoms with Gasteiger partial charge in [0.05, 0.1) is 4.92 Å². The van der Waals surface area contributed by atoms with Crippen molar-refractivity contribution in [3.05, 3.63) is 34.1 Å². The average molecular weight is 288 g/mol. The van der Waals surface area contributed by atoms with E-state index in [9.17, 15) is 22.9 Å². The first kappa shape index (κ1) is 13.9. The van der Waals surface area contributed by atoms with E-state index in [1.807, 2.05) is 0 Å². The van der Waals surface area contributed by atoms with Crippen LogP contribution in [0.4, 0.5) is 10.1 Å². The molecule has 6 nitrogen and oxygen atoms in total. The minimum atomic E-state index is -4.03. The molecule has 0 bridgehead atoms. The number of rotatable bonds is 3. The van der Waals surface area contributed by atoms with Crippen molar-refractivity contribution >= 4 is 15.7 Å². The maximum atomic E-state index is 13.5. The van der Waals surface area contributed by atoms with Crippen molar-refractivity contribution in [1.82, 2.24) is 4.31 Å². The second-order valence-corrected chi connectivity index (χ2v) is 6.31. The number of sulfonamides is 1. The number of para-hydroxylation sites is 1. The van der Waals surface area contributed by atoms with Gasteiger partial charge in [0.15, 0.2) is 4.90 Å². The van der Waals surface area contributed by atoms with Crippen LogP contribution < -0.4 is 0 Å². The molecule has 0 spiro atoms. The first-order chi connectivity index (χ1) is 8.85. The highest BCUT2D eigenvalue weighted by molar-refractivity contribution is 7.89. The third-order valence-corrected chi connectivity index (χ3v) is 5.26. The van der Waals surface area contributed by atoms with E-state index >= 15 is 0 Å². The molecule has 0 N–H and O–H groups in total. The molecule has 0 radical (unpaired) electrons. The van der Waals surface area contributed by atoms with Gasteiger partial charge in [-0.25, -0.2) is 8.42 Å². The number of hydrogen-bond donors (Lipinski definition) is 0. The summed E-state index contributed by atoms with van der Waals surface area (Å²) in [6, 6.07) is 2.88. The van der Waals surface area contributed by atoms with Crippen LogP contribution in [0.1, 0.15) is 19.8 Å². The fourth-order valence-electron chi connectivity index (χ4n) is 2.27. The van der Waals surface area contributed by atoms with Gasteiger partial charge in [-0.1, -0.05) is 6.07 Å². The lowest BCUT2D eigenvalue weighted by molar-refractivity contribution is -0.390. The highest BCUT2D eigenvalue weighted by Crippen LogP contribution is 2.32. The Labute approximate surface area is 110 Å². The molecule has 1 heterocycles. The molecule has 1 atom stereocenters. The number of benzene rings is 1. The van der Waals surface area contributed by atoms with Gasteiger partial charge in [0.25, 0.3) is 0 Å². The van der Waals surface area contributed by atoms with Crippen LogP contribution >= 0.6 is 0 Å². The topological polar surface area (TPSA) is 80.5 Å². The van der Waals surface area contributed by atoms with E-state index < -0.39 is 31.3 Å². The zero-order valence-corrected chi connectivity index (χ0v) is 11.1. The lowest BCUT2D eigenvalue weighted by Crippen LogP contribution is -2.34. The van der Waals surface area contributed by atoms with Gasteiger partial charge in [-0.15, -0.1) is 0 Å². The molecule has 1 fully saturated rings. The van der Waals surface area contributed by atoms with E-state index in [4.69, 9.17) is 0 Å². The van der Waals surface area contributed by atoms with Crippen LogP contribution in [0.5, 0.6) is 0 Å². The van der Waals surface area contributed by atoms with Gasteiger partial charge in [0, 0.05) is 12.6 Å². The molecule has 0 aromatic heterocycles. The molecule has 1 aromatic rings. The maximum absolute atomic E-state index is 13.5. The molecule has 1 aromatic carbocycles. The first-order valence-corrected chi connectivity index (χ1v) is 7.24. The smallest absolute Gasteiger partial charge is 0.258 e. The quantitative estimate of drug-likeness (QED) is 0.628. The predicted molar refractivity (Wildman–Crippen MR) is 65.6 cm³/mol. The van der Waals surface area contributed by atoms with E-state index in [1.54, 1.807) is 6.92 Å². The average Bonchev–Trinajstić information content (AvgIpc) is 2.75. The van der Waals surface area contributed by atoms with Crippen molar-refractivity contribution in [2.24, 2.45) is 0 Å². The minimum absolute atomic E-state index is 0.229. The van der Waals surface area contributed by atoms with Crippen LogP contribution in [0, 0.1) is 15.9 Å². The van der Waals surface area contributed by atoms with Crippen LogP contribution in [0.25, 0.3) is 0 Å². The predicted octanol–water partition coefficient (Wildman–Crippen LogP) is 1.91. The first-order valence-electron chi connectivity index (χ1n) is 5.80. The summed E-state index contributed by atoms with van der Waals surface area (Å²) in [5, 5.41) is 10.9. The lowest BCUT2D eigenvalue weighted by Gasteiger charge is -2.20. The van der Waals surface area contributed by atoms with E-state index in [0.717, 1.165) is 18.2 Å². The Morgan fingerprint density at radius 1 is 1.47 bits per heavy atom. The molecular weight excluding hydrogens is 275 g/mol. The van der Waals surface area contributed by atoms with Crippen molar-refractivity contribution < 1.29 is 17.7 Å². The van der Waals surface area contributed by atoms with Gasteiger partial charge < -0.3 is 0 Å². The molecule has 0 saturated carbocycles. The normalized spacial score (nSPS) is 20.6. The molecule has 8 heteroatoms. The Morgan fingerprint density at radius 2 is 2.16 bits per heavy atom. The Kier molecular flexibility index (Phi) is 3.55. The van der Waals surface area contributed by atoms with E-state index in [-0.39, 0.29) is 6.04 Å². The van der Waals surface area contributed by atoms with Gasteiger partial charge in [-0.2, -0.15) is 8.70 Å². The number of nitro groups is 1. The van der Waals surface area contributed by atoms with Crippen LogP contribution in [0.3, 0.4) is 0 Å². The van der Waals surface area contributed by atoms with Crippen molar-refractivity contribution in [3.63, 3.8) is 0 Å². The minimum Gasteiger partial charge on any atom is -0.258 e. The van der Waals surface area contributed by atoms with E-state index in [2.05, 4.69) is 0 Å². The Hall–Kier alpha value is -1.54. The fraction of sp³-hybridized carbons (Fsp3) is 0.455. The Morgan fingerprint density at radius 3 is 2.68 bits per heavy atom. The number of nitrogens with zero attached hydrogens (tertiary/aromatic N) is 2. The highest BCUT2D eigenvalue weighted by atomic mass is 32.2. The molecule has 1 saturated heterocycles. The summed E-state index contributed by atoms with van der Waals surface area (Å²) in [4.78, 5) is 9.29. The summed E-state index contributed by atoms with van der Waals surface area (Å²) in [5.74, 6) is -1.14. The van der Waals surface area contributed by atoms with Gasteiger partial charge in [0.1, 0.15) is 0 Å². The molecule has 2 rings (SSSR count). The Balaban J connectivity index is 2.58. The molecule has 1 aliphatic heterocycles. The van der Waals surface area contributed by atoms with Crippen LogP contribution in [-0.4, -0.2) is 30.2 Å². The number of nitro benzene ring substituents is 1. The van der Waals surface area contributed by atoms with Crippen molar-refractivity contribution in [3.8, 4) is 0 Å². The van der Waals surface area contributed by atoms with E-state index in [1.165, 1.54) is 4.31 Å². The van der Waals surface area contributed by atoms with E-state index in [0.29, 0.717) is 19.4 Å². The van der Waals surface area contributed by atoms with Crippen LogP contribution in [0.2, 0.25) is 0 Å². The highest BCUT2D eigenvalue weighted by Gasteiger charge is 2.38. The Bertz CT molecular complexity index is 617. The lowest BCUT2D eigenvalue weighted by atomic mass is 10.3. The summed E-state index contributed by atoms with van der Waals surface area (Å²) in [6.07, 6.45) is 1.39. The molecule has 0 aliphatic carbocycles. The summed E-state index contributed by atoms with van der Waals surface area (Å²) in [6.45, 7) is 2.03. The van der Waals surface area contributed by atoms with Crippen molar-refractivity contribution in [2.75, 3.05) is 6.54 Å². The van der Waals surface area contributed by atoms with Crippen LogP contribution in [0.15, 0.2) is 23.1 Å². The summed E-state index contributed by atoms with van der Waals surface area (Å²) < 4.78 is 39.4. The second kappa shape index (κ2) is 4.86. The SMILES string of the molecule is CC1CCCN1S(=O)(=O)c1cccc(F)c1[N+](=O)[O-]. The number of halogens is 1. The number of hydrogen-bond acceptors (Lipinski definition) is 4. The molecule has 1 unspecified atom stereocenters. The molecule has 1 aliphatic rings. The standard InChI is InChI=1S/C11H13FN2O4S/c1-8-4-3-7-13(8)19(17,18)10-6-2-5-9(12)11(10)14(15)16/h2,5-6,8H,3-4,7H2,1H3. The van der Waals surface area contributed by atoms with Crippen molar-refractivity contribution in [2.45, 2.75) is 30.7 Å². The molecule has 104 valence electrons. The zero-order valence-electron chi connectivity index (χ0n) is 10.2. The molecule has 19 heavy (non-hydrogen) atoms.